The van der Waals surface area contributed by atoms with Crippen LogP contribution in [-0.2, 0) is 4.74 Å². The van der Waals surface area contributed by atoms with Gasteiger partial charge in [0.15, 0.2) is 16.9 Å². The van der Waals surface area contributed by atoms with Crippen molar-refractivity contribution in [3.05, 3.63) is 58.3 Å². The SMILES string of the molecule is CCOC(=O)c1cccc(-c2cc(=O)c3cc(OC)c(OC)cc3o2)c1. The maximum Gasteiger partial charge on any atom is 0.338 e. The van der Waals surface area contributed by atoms with Gasteiger partial charge in [-0.15, -0.1) is 0 Å². The van der Waals surface area contributed by atoms with Crippen LogP contribution < -0.4 is 14.9 Å². The van der Waals surface area contributed by atoms with Gasteiger partial charge in [-0.2, -0.15) is 0 Å². The molecule has 2 aromatic carbocycles. The molecule has 134 valence electrons. The molecule has 0 saturated heterocycles. The number of benzene rings is 2. The van der Waals surface area contributed by atoms with Crippen LogP contribution in [0.1, 0.15) is 17.3 Å². The Morgan fingerprint density at radius 1 is 1.04 bits per heavy atom. The summed E-state index contributed by atoms with van der Waals surface area (Å²) in [5, 5.41) is 0.382. The van der Waals surface area contributed by atoms with E-state index in [1.807, 2.05) is 0 Å². The Bertz CT molecular complexity index is 1020. The Kier molecular flexibility index (Phi) is 4.93. The van der Waals surface area contributed by atoms with E-state index in [2.05, 4.69) is 0 Å². The molecule has 1 aromatic heterocycles. The van der Waals surface area contributed by atoms with E-state index in [-0.39, 0.29) is 12.0 Å². The van der Waals surface area contributed by atoms with Crippen molar-refractivity contribution in [1.29, 1.82) is 0 Å². The quantitative estimate of drug-likeness (QED) is 0.651. The third-order valence-electron chi connectivity index (χ3n) is 3.89. The molecular weight excluding hydrogens is 336 g/mol. The second kappa shape index (κ2) is 7.31. The van der Waals surface area contributed by atoms with Gasteiger partial charge in [-0.05, 0) is 25.1 Å². The molecule has 0 aliphatic heterocycles. The molecular formula is C20H18O6. The highest BCUT2D eigenvalue weighted by Gasteiger charge is 2.14. The fourth-order valence-corrected chi connectivity index (χ4v) is 2.64. The number of methoxy groups -OCH3 is 2. The van der Waals surface area contributed by atoms with Crippen molar-refractivity contribution in [2.75, 3.05) is 20.8 Å². The second-order valence-corrected chi connectivity index (χ2v) is 5.48. The summed E-state index contributed by atoms with van der Waals surface area (Å²) in [4.78, 5) is 24.4. The zero-order chi connectivity index (χ0) is 18.7. The van der Waals surface area contributed by atoms with Gasteiger partial charge in [-0.3, -0.25) is 4.79 Å². The summed E-state index contributed by atoms with van der Waals surface area (Å²) in [6.07, 6.45) is 0. The number of carbonyl (C=O) groups excluding carboxylic acids is 1. The van der Waals surface area contributed by atoms with Gasteiger partial charge in [0.2, 0.25) is 0 Å². The molecule has 0 unspecified atom stereocenters. The number of rotatable bonds is 5. The van der Waals surface area contributed by atoms with Gasteiger partial charge in [0.05, 0.1) is 31.8 Å². The van der Waals surface area contributed by atoms with Gasteiger partial charge in [-0.1, -0.05) is 12.1 Å². The molecule has 0 amide bonds. The first-order chi connectivity index (χ1) is 12.6. The minimum Gasteiger partial charge on any atom is -0.493 e. The summed E-state index contributed by atoms with van der Waals surface area (Å²) >= 11 is 0. The lowest BCUT2D eigenvalue weighted by molar-refractivity contribution is 0.0526. The van der Waals surface area contributed by atoms with E-state index >= 15 is 0 Å². The zero-order valence-electron chi connectivity index (χ0n) is 14.7. The lowest BCUT2D eigenvalue weighted by Crippen LogP contribution is -2.05. The first kappa shape index (κ1) is 17.5. The van der Waals surface area contributed by atoms with Crippen LogP contribution in [0.2, 0.25) is 0 Å². The molecule has 3 aromatic rings. The number of hydrogen-bond acceptors (Lipinski definition) is 6. The van der Waals surface area contributed by atoms with Crippen LogP contribution in [-0.4, -0.2) is 26.8 Å². The average Bonchev–Trinajstić information content (AvgIpc) is 2.67. The van der Waals surface area contributed by atoms with E-state index < -0.39 is 5.97 Å². The van der Waals surface area contributed by atoms with Crippen LogP contribution in [0.4, 0.5) is 0 Å². The second-order valence-electron chi connectivity index (χ2n) is 5.48. The molecule has 0 saturated carbocycles. The molecule has 0 atom stereocenters. The molecule has 0 fully saturated rings. The number of carbonyl (C=O) groups is 1. The third-order valence-corrected chi connectivity index (χ3v) is 3.89. The smallest absolute Gasteiger partial charge is 0.338 e. The summed E-state index contributed by atoms with van der Waals surface area (Å²) < 4.78 is 21.4. The predicted molar refractivity (Wildman–Crippen MR) is 97.0 cm³/mol. The lowest BCUT2D eigenvalue weighted by atomic mass is 10.1. The predicted octanol–water partition coefficient (Wildman–Crippen LogP) is 3.65. The van der Waals surface area contributed by atoms with Crippen LogP contribution >= 0.6 is 0 Å². The highest BCUT2D eigenvalue weighted by Crippen LogP contribution is 2.32. The monoisotopic (exact) mass is 354 g/mol. The maximum absolute atomic E-state index is 12.5. The molecule has 0 N–H and O–H groups in total. The number of hydrogen-bond donors (Lipinski definition) is 0. The number of ether oxygens (including phenoxy) is 3. The molecule has 26 heavy (non-hydrogen) atoms. The molecule has 6 heteroatoms. The molecule has 0 aliphatic carbocycles. The molecule has 1 heterocycles. The van der Waals surface area contributed by atoms with Crippen molar-refractivity contribution in [2.45, 2.75) is 6.92 Å². The minimum absolute atomic E-state index is 0.219. The van der Waals surface area contributed by atoms with Crippen molar-refractivity contribution in [2.24, 2.45) is 0 Å². The van der Waals surface area contributed by atoms with Gasteiger partial charge < -0.3 is 18.6 Å². The van der Waals surface area contributed by atoms with E-state index in [4.69, 9.17) is 18.6 Å². The normalized spacial score (nSPS) is 10.6. The molecule has 6 nitrogen and oxygen atoms in total. The van der Waals surface area contributed by atoms with Gasteiger partial charge >= 0.3 is 5.97 Å². The lowest BCUT2D eigenvalue weighted by Gasteiger charge is -2.10. The summed E-state index contributed by atoms with van der Waals surface area (Å²) in [6.45, 7) is 2.03. The van der Waals surface area contributed by atoms with E-state index in [1.165, 1.54) is 20.3 Å². The maximum atomic E-state index is 12.5. The molecule has 0 radical (unpaired) electrons. The van der Waals surface area contributed by atoms with Crippen LogP contribution in [0, 0.1) is 0 Å². The average molecular weight is 354 g/mol. The number of esters is 1. The van der Waals surface area contributed by atoms with E-state index in [0.717, 1.165) is 0 Å². The van der Waals surface area contributed by atoms with Gasteiger partial charge in [0.1, 0.15) is 11.3 Å². The van der Waals surface area contributed by atoms with E-state index in [9.17, 15) is 9.59 Å². The van der Waals surface area contributed by atoms with Crippen LogP contribution in [0.5, 0.6) is 11.5 Å². The first-order valence-corrected chi connectivity index (χ1v) is 8.04. The van der Waals surface area contributed by atoms with Crippen molar-refractivity contribution in [1.82, 2.24) is 0 Å². The van der Waals surface area contributed by atoms with Crippen LogP contribution in [0.25, 0.3) is 22.3 Å². The summed E-state index contributed by atoms with van der Waals surface area (Å²) in [5.41, 5.74) is 1.14. The fourth-order valence-electron chi connectivity index (χ4n) is 2.64. The Balaban J connectivity index is 2.13. The number of fused-ring (bicyclic) bond motifs is 1. The molecule has 0 bridgehead atoms. The summed E-state index contributed by atoms with van der Waals surface area (Å²) in [7, 11) is 3.01. The molecule has 0 aliphatic rings. The van der Waals surface area contributed by atoms with Crippen molar-refractivity contribution in [3.8, 4) is 22.8 Å². The first-order valence-electron chi connectivity index (χ1n) is 8.04. The van der Waals surface area contributed by atoms with Crippen molar-refractivity contribution in [3.63, 3.8) is 0 Å². The van der Waals surface area contributed by atoms with E-state index in [1.54, 1.807) is 43.3 Å². The Morgan fingerprint density at radius 3 is 2.46 bits per heavy atom. The van der Waals surface area contributed by atoms with Crippen molar-refractivity contribution >= 4 is 16.9 Å². The van der Waals surface area contributed by atoms with Gasteiger partial charge in [0, 0.05) is 17.7 Å². The summed E-state index contributed by atoms with van der Waals surface area (Å²) in [5.74, 6) is 0.828. The molecule has 3 rings (SSSR count). The van der Waals surface area contributed by atoms with Gasteiger partial charge in [0.25, 0.3) is 0 Å². The fraction of sp³-hybridized carbons (Fsp3) is 0.200. The minimum atomic E-state index is -0.427. The standard InChI is InChI=1S/C20H18O6/c1-4-25-20(22)13-7-5-6-12(8-13)16-10-15(21)14-9-18(23-2)19(24-3)11-17(14)26-16/h5-11H,4H2,1-3H3. The Hall–Kier alpha value is -3.28. The Morgan fingerprint density at radius 2 is 1.77 bits per heavy atom. The summed E-state index contributed by atoms with van der Waals surface area (Å²) in [6, 6.07) is 11.3. The highest BCUT2D eigenvalue weighted by atomic mass is 16.5. The zero-order valence-corrected chi connectivity index (χ0v) is 14.7. The van der Waals surface area contributed by atoms with Crippen LogP contribution in [0.15, 0.2) is 51.7 Å². The Labute approximate surface area is 149 Å². The van der Waals surface area contributed by atoms with Gasteiger partial charge in [-0.25, -0.2) is 4.79 Å². The van der Waals surface area contributed by atoms with Crippen molar-refractivity contribution < 1.29 is 23.4 Å². The van der Waals surface area contributed by atoms with Crippen LogP contribution in [0.3, 0.4) is 0 Å². The molecule has 0 spiro atoms. The van der Waals surface area contributed by atoms with E-state index in [0.29, 0.717) is 39.4 Å². The largest absolute Gasteiger partial charge is 0.493 e. The highest BCUT2D eigenvalue weighted by molar-refractivity contribution is 5.91. The third kappa shape index (κ3) is 3.26. The topological polar surface area (TPSA) is 75.0 Å².